The lowest BCUT2D eigenvalue weighted by Gasteiger charge is -2.14. The van der Waals surface area contributed by atoms with E-state index in [0.29, 0.717) is 23.4 Å². The fourth-order valence-corrected chi connectivity index (χ4v) is 2.70. The molecule has 0 fully saturated rings. The number of thiophene rings is 1. The molecule has 1 atom stereocenters. The number of halogens is 1. The van der Waals surface area contributed by atoms with Gasteiger partial charge in [-0.2, -0.15) is 0 Å². The van der Waals surface area contributed by atoms with Gasteiger partial charge in [-0.25, -0.2) is 0 Å². The van der Waals surface area contributed by atoms with E-state index < -0.39 is 6.10 Å². The number of hydrogen-bond donors (Lipinski definition) is 3. The second-order valence-electron chi connectivity index (χ2n) is 4.32. The van der Waals surface area contributed by atoms with Gasteiger partial charge in [-0.3, -0.25) is 4.99 Å². The Bertz CT molecular complexity index is 610. The van der Waals surface area contributed by atoms with E-state index in [9.17, 15) is 5.11 Å². The van der Waals surface area contributed by atoms with Crippen molar-refractivity contribution in [3.63, 3.8) is 0 Å². The first-order chi connectivity index (χ1) is 10.1. The molecule has 9 heteroatoms. The average Bonchev–Trinajstić information content (AvgIpc) is 3.08. The molecule has 1 unspecified atom stereocenters. The highest BCUT2D eigenvalue weighted by Crippen LogP contribution is 2.26. The lowest BCUT2D eigenvalue weighted by Crippen LogP contribution is -2.39. The third-order valence-electron chi connectivity index (χ3n) is 2.83. The quantitative estimate of drug-likeness (QED) is 0.561. The Hall–Kier alpha value is -1.64. The molecule has 2 heterocycles. The number of nitrogens with one attached hydrogen (secondary N) is 2. The second-order valence-corrected chi connectivity index (χ2v) is 6.07. The monoisotopic (exact) mass is 328 g/mol. The van der Waals surface area contributed by atoms with Gasteiger partial charge in [-0.1, -0.05) is 11.6 Å². The summed E-state index contributed by atoms with van der Waals surface area (Å²) in [6.45, 7) is 0.840. The molecule has 0 spiro atoms. The molecule has 0 radical (unpaired) electrons. The molecule has 0 bridgehead atoms. The summed E-state index contributed by atoms with van der Waals surface area (Å²) in [5, 5.41) is 24.0. The lowest BCUT2D eigenvalue weighted by molar-refractivity contribution is 0.184. The van der Waals surface area contributed by atoms with E-state index in [0.717, 1.165) is 10.7 Å². The van der Waals surface area contributed by atoms with Crippen LogP contribution in [-0.2, 0) is 13.6 Å². The van der Waals surface area contributed by atoms with Crippen molar-refractivity contribution in [1.82, 2.24) is 25.4 Å². The van der Waals surface area contributed by atoms with Crippen LogP contribution in [0.1, 0.15) is 16.8 Å². The number of nitrogens with zero attached hydrogens (tertiary/aromatic N) is 4. The van der Waals surface area contributed by atoms with E-state index in [1.807, 2.05) is 17.7 Å². The zero-order valence-corrected chi connectivity index (χ0v) is 13.3. The van der Waals surface area contributed by atoms with E-state index >= 15 is 0 Å². The van der Waals surface area contributed by atoms with Crippen molar-refractivity contribution >= 4 is 28.9 Å². The summed E-state index contributed by atoms with van der Waals surface area (Å²) in [6, 6.07) is 3.58. The zero-order valence-electron chi connectivity index (χ0n) is 11.7. The SMILES string of the molecule is CN=C(NCc1nncn1C)NCC(O)c1ccc(Cl)s1. The number of guanidine groups is 1. The Morgan fingerprint density at radius 1 is 1.52 bits per heavy atom. The predicted octanol–water partition coefficient (Wildman–Crippen LogP) is 0.929. The summed E-state index contributed by atoms with van der Waals surface area (Å²) in [5.41, 5.74) is 0. The normalized spacial score (nSPS) is 13.2. The molecular weight excluding hydrogens is 312 g/mol. The van der Waals surface area contributed by atoms with Crippen LogP contribution < -0.4 is 10.6 Å². The number of aliphatic hydroxyl groups excluding tert-OH is 1. The van der Waals surface area contributed by atoms with Crippen molar-refractivity contribution < 1.29 is 5.11 Å². The first-order valence-corrected chi connectivity index (χ1v) is 7.50. The van der Waals surface area contributed by atoms with Crippen LogP contribution in [0.3, 0.4) is 0 Å². The van der Waals surface area contributed by atoms with Crippen molar-refractivity contribution in [2.24, 2.45) is 12.0 Å². The first kappa shape index (κ1) is 15.7. The lowest BCUT2D eigenvalue weighted by atomic mass is 10.3. The number of hydrogen-bond acceptors (Lipinski definition) is 5. The van der Waals surface area contributed by atoms with Gasteiger partial charge < -0.3 is 20.3 Å². The van der Waals surface area contributed by atoms with Crippen molar-refractivity contribution in [2.75, 3.05) is 13.6 Å². The molecule has 0 aliphatic carbocycles. The maximum Gasteiger partial charge on any atom is 0.191 e. The number of aromatic nitrogens is 3. The van der Waals surface area contributed by atoms with Gasteiger partial charge in [0, 0.05) is 25.5 Å². The van der Waals surface area contributed by atoms with Crippen LogP contribution in [0.15, 0.2) is 23.5 Å². The molecule has 7 nitrogen and oxygen atoms in total. The maximum atomic E-state index is 10.1. The summed E-state index contributed by atoms with van der Waals surface area (Å²) in [7, 11) is 3.54. The van der Waals surface area contributed by atoms with Gasteiger partial charge in [0.2, 0.25) is 0 Å². The van der Waals surface area contributed by atoms with Crippen LogP contribution in [-0.4, -0.2) is 39.4 Å². The molecule has 0 saturated carbocycles. The molecule has 2 aromatic heterocycles. The minimum absolute atomic E-state index is 0.343. The van der Waals surface area contributed by atoms with E-state index in [4.69, 9.17) is 11.6 Å². The van der Waals surface area contributed by atoms with Crippen LogP contribution in [0.5, 0.6) is 0 Å². The Labute approximate surface area is 131 Å². The first-order valence-electron chi connectivity index (χ1n) is 6.31. The summed E-state index contributed by atoms with van der Waals surface area (Å²) in [6.07, 6.45) is 1.01. The highest BCUT2D eigenvalue weighted by molar-refractivity contribution is 7.16. The molecule has 0 amide bonds. The Morgan fingerprint density at radius 2 is 2.33 bits per heavy atom. The Morgan fingerprint density at radius 3 is 2.90 bits per heavy atom. The number of aryl methyl sites for hydroxylation is 1. The largest absolute Gasteiger partial charge is 0.386 e. The molecule has 0 aromatic carbocycles. The van der Waals surface area contributed by atoms with Crippen molar-refractivity contribution in [1.29, 1.82) is 0 Å². The van der Waals surface area contributed by atoms with Gasteiger partial charge in [-0.05, 0) is 12.1 Å². The highest BCUT2D eigenvalue weighted by Gasteiger charge is 2.11. The minimum Gasteiger partial charge on any atom is -0.386 e. The van der Waals surface area contributed by atoms with Gasteiger partial charge in [0.05, 0.1) is 10.9 Å². The zero-order chi connectivity index (χ0) is 15.2. The van der Waals surface area contributed by atoms with Gasteiger partial charge in [0.1, 0.15) is 12.4 Å². The summed E-state index contributed by atoms with van der Waals surface area (Å²) >= 11 is 7.21. The molecule has 2 aromatic rings. The molecule has 0 saturated heterocycles. The molecule has 114 valence electrons. The highest BCUT2D eigenvalue weighted by atomic mass is 35.5. The van der Waals surface area contributed by atoms with Crippen LogP contribution in [0, 0.1) is 0 Å². The van der Waals surface area contributed by atoms with Crippen LogP contribution >= 0.6 is 22.9 Å². The molecular formula is C12H17ClN6OS. The van der Waals surface area contributed by atoms with Crippen molar-refractivity contribution in [3.05, 3.63) is 33.5 Å². The van der Waals surface area contributed by atoms with Crippen molar-refractivity contribution in [2.45, 2.75) is 12.6 Å². The molecule has 0 aliphatic heterocycles. The summed E-state index contributed by atoms with van der Waals surface area (Å²) in [5.74, 6) is 1.38. The average molecular weight is 329 g/mol. The van der Waals surface area contributed by atoms with Gasteiger partial charge in [0.15, 0.2) is 11.8 Å². The summed E-state index contributed by atoms with van der Waals surface area (Å²) in [4.78, 5) is 4.91. The smallest absolute Gasteiger partial charge is 0.191 e. The molecule has 0 aliphatic rings. The van der Waals surface area contributed by atoms with E-state index in [-0.39, 0.29) is 0 Å². The van der Waals surface area contributed by atoms with E-state index in [1.54, 1.807) is 19.4 Å². The van der Waals surface area contributed by atoms with E-state index in [2.05, 4.69) is 25.8 Å². The van der Waals surface area contributed by atoms with Crippen molar-refractivity contribution in [3.8, 4) is 0 Å². The third-order valence-corrected chi connectivity index (χ3v) is 4.16. The predicted molar refractivity (Wildman–Crippen MR) is 83.5 cm³/mol. The number of aliphatic hydroxyl groups is 1. The Balaban J connectivity index is 1.81. The van der Waals surface area contributed by atoms with Crippen LogP contribution in [0.25, 0.3) is 0 Å². The van der Waals surface area contributed by atoms with Crippen LogP contribution in [0.2, 0.25) is 4.34 Å². The van der Waals surface area contributed by atoms with Gasteiger partial charge in [-0.15, -0.1) is 21.5 Å². The topological polar surface area (TPSA) is 87.4 Å². The third kappa shape index (κ3) is 4.42. The Kier molecular flexibility index (Phi) is 5.54. The van der Waals surface area contributed by atoms with Crippen LogP contribution in [0.4, 0.5) is 0 Å². The second kappa shape index (κ2) is 7.39. The number of rotatable bonds is 5. The van der Waals surface area contributed by atoms with Gasteiger partial charge >= 0.3 is 0 Å². The molecule has 21 heavy (non-hydrogen) atoms. The fraction of sp³-hybridized carbons (Fsp3) is 0.417. The van der Waals surface area contributed by atoms with E-state index in [1.165, 1.54) is 11.3 Å². The van der Waals surface area contributed by atoms with Gasteiger partial charge in [0.25, 0.3) is 0 Å². The minimum atomic E-state index is -0.629. The molecule has 3 N–H and O–H groups in total. The number of aliphatic imine (C=N–C) groups is 1. The maximum absolute atomic E-state index is 10.1. The fourth-order valence-electron chi connectivity index (χ4n) is 1.65. The summed E-state index contributed by atoms with van der Waals surface area (Å²) < 4.78 is 2.48. The standard InChI is InChI=1S/C12H17ClN6OS/c1-14-12(16-6-11-18-17-7-19(11)2)15-5-8(20)9-3-4-10(13)21-9/h3-4,7-8,20H,5-6H2,1-2H3,(H2,14,15,16). The molecule has 2 rings (SSSR count).